The molecule has 1 fully saturated rings. The van der Waals surface area contributed by atoms with Crippen molar-refractivity contribution < 1.29 is 32.2 Å². The van der Waals surface area contributed by atoms with E-state index in [1.54, 1.807) is 12.1 Å². The molecule has 1 saturated heterocycles. The van der Waals surface area contributed by atoms with Crippen molar-refractivity contribution in [1.29, 1.82) is 0 Å². The van der Waals surface area contributed by atoms with E-state index in [4.69, 9.17) is 14.2 Å². The zero-order valence-corrected chi connectivity index (χ0v) is 17.5. The fraction of sp³-hybridized carbons (Fsp3) is 0.458. The smallest absolute Gasteiger partial charge is 0.270 e. The summed E-state index contributed by atoms with van der Waals surface area (Å²) in [6.07, 6.45) is 0.976. The van der Waals surface area contributed by atoms with Gasteiger partial charge >= 0.3 is 0 Å². The molecule has 2 aromatic rings. The molecular weight excluding hydrogens is 409 g/mol. The van der Waals surface area contributed by atoms with E-state index < -0.39 is 17.8 Å². The molecule has 0 aromatic heterocycles. The Morgan fingerprint density at radius 3 is 2.52 bits per heavy atom. The molecule has 0 amide bonds. The van der Waals surface area contributed by atoms with Crippen LogP contribution < -0.4 is 9.47 Å². The molecule has 0 radical (unpaired) electrons. The van der Waals surface area contributed by atoms with Crippen LogP contribution in [0.2, 0.25) is 0 Å². The second-order valence-corrected chi connectivity index (χ2v) is 7.61. The van der Waals surface area contributed by atoms with Gasteiger partial charge in [-0.2, -0.15) is 0 Å². The zero-order valence-electron chi connectivity index (χ0n) is 17.5. The van der Waals surface area contributed by atoms with Gasteiger partial charge in [0.05, 0.1) is 24.9 Å². The summed E-state index contributed by atoms with van der Waals surface area (Å²) in [5, 5.41) is 0. The fourth-order valence-corrected chi connectivity index (χ4v) is 3.47. The van der Waals surface area contributed by atoms with Crippen molar-refractivity contribution in [3.05, 3.63) is 58.9 Å². The number of hydrogen-bond acceptors (Lipinski definition) is 4. The summed E-state index contributed by atoms with van der Waals surface area (Å²) in [5.74, 6) is -0.679. The molecule has 1 aliphatic rings. The number of unbranched alkanes of at least 4 members (excludes halogenated alkanes) is 1. The summed E-state index contributed by atoms with van der Waals surface area (Å²) in [6, 6.07) is 9.96. The number of benzene rings is 2. The number of ether oxygens (including phenoxy) is 3. The van der Waals surface area contributed by atoms with Crippen LogP contribution in [0.15, 0.2) is 36.4 Å². The first-order chi connectivity index (χ1) is 15.0. The van der Waals surface area contributed by atoms with Gasteiger partial charge in [-0.1, -0.05) is 25.5 Å². The molecule has 3 rings (SSSR count). The quantitative estimate of drug-likeness (QED) is 0.329. The Morgan fingerprint density at radius 2 is 1.90 bits per heavy atom. The first-order valence-corrected chi connectivity index (χ1v) is 10.5. The third-order valence-electron chi connectivity index (χ3n) is 5.34. The molecule has 1 heterocycles. The summed E-state index contributed by atoms with van der Waals surface area (Å²) in [7, 11) is 0. The van der Waals surface area contributed by atoms with Gasteiger partial charge in [0.2, 0.25) is 0 Å². The number of carbonyl (C=O) groups excluding carboxylic acids is 1. The molecule has 0 spiro atoms. The number of rotatable bonds is 10. The van der Waals surface area contributed by atoms with E-state index in [9.17, 15) is 18.0 Å². The Kier molecular flexibility index (Phi) is 8.35. The van der Waals surface area contributed by atoms with Crippen molar-refractivity contribution in [2.45, 2.75) is 51.7 Å². The highest BCUT2D eigenvalue weighted by molar-refractivity contribution is 5.53. The first kappa shape index (κ1) is 23.1. The van der Waals surface area contributed by atoms with Crippen molar-refractivity contribution in [2.75, 3.05) is 13.2 Å². The molecule has 0 saturated carbocycles. The summed E-state index contributed by atoms with van der Waals surface area (Å²) >= 11 is 0. The number of alkyl halides is 2. The number of aldehydes is 1. The molecule has 2 aromatic carbocycles. The summed E-state index contributed by atoms with van der Waals surface area (Å²) in [5.41, 5.74) is 0.282. The molecule has 1 aliphatic heterocycles. The predicted molar refractivity (Wildman–Crippen MR) is 110 cm³/mol. The van der Waals surface area contributed by atoms with Crippen LogP contribution in [0.5, 0.6) is 11.5 Å². The Labute approximate surface area is 180 Å². The van der Waals surface area contributed by atoms with Gasteiger partial charge in [-0.25, -0.2) is 13.2 Å². The van der Waals surface area contributed by atoms with E-state index in [1.807, 2.05) is 19.1 Å². The van der Waals surface area contributed by atoms with Crippen LogP contribution in [0, 0.1) is 11.7 Å². The highest BCUT2D eigenvalue weighted by atomic mass is 19.3. The topological polar surface area (TPSA) is 44.8 Å². The molecule has 0 aliphatic carbocycles. The Bertz CT molecular complexity index is 847. The van der Waals surface area contributed by atoms with E-state index in [2.05, 4.69) is 0 Å². The highest BCUT2D eigenvalue weighted by Crippen LogP contribution is 2.34. The summed E-state index contributed by atoms with van der Waals surface area (Å²) in [4.78, 5) is 10.8. The van der Waals surface area contributed by atoms with Crippen molar-refractivity contribution >= 4 is 6.29 Å². The molecule has 0 bridgehead atoms. The lowest BCUT2D eigenvalue weighted by Crippen LogP contribution is -2.21. The third kappa shape index (κ3) is 6.00. The van der Waals surface area contributed by atoms with Gasteiger partial charge in [0, 0.05) is 11.5 Å². The van der Waals surface area contributed by atoms with Crippen LogP contribution in [-0.2, 0) is 16.1 Å². The minimum Gasteiger partial charge on any atom is -0.493 e. The van der Waals surface area contributed by atoms with Gasteiger partial charge in [0.1, 0.15) is 30.2 Å². The first-order valence-electron chi connectivity index (χ1n) is 10.5. The Morgan fingerprint density at radius 1 is 1.13 bits per heavy atom. The van der Waals surface area contributed by atoms with Crippen LogP contribution in [-0.4, -0.2) is 19.5 Å². The minimum atomic E-state index is -2.98. The lowest BCUT2D eigenvalue weighted by molar-refractivity contribution is -0.117. The molecule has 168 valence electrons. The number of halogens is 3. The Hall–Kier alpha value is -2.54. The van der Waals surface area contributed by atoms with Gasteiger partial charge in [-0.15, -0.1) is 0 Å². The van der Waals surface area contributed by atoms with Gasteiger partial charge < -0.3 is 19.0 Å². The zero-order chi connectivity index (χ0) is 22.2. The molecule has 31 heavy (non-hydrogen) atoms. The van der Waals surface area contributed by atoms with Gasteiger partial charge in [-0.3, -0.25) is 0 Å². The average molecular weight is 436 g/mol. The fourth-order valence-electron chi connectivity index (χ4n) is 3.47. The summed E-state index contributed by atoms with van der Waals surface area (Å²) < 4.78 is 58.2. The third-order valence-corrected chi connectivity index (χ3v) is 5.34. The second-order valence-electron chi connectivity index (χ2n) is 7.61. The maximum atomic E-state index is 14.7. The van der Waals surface area contributed by atoms with E-state index in [-0.39, 0.29) is 36.5 Å². The average Bonchev–Trinajstić information content (AvgIpc) is 2.79. The Balaban J connectivity index is 1.62. The molecule has 7 heteroatoms. The normalized spacial score (nSPS) is 18.7. The number of hydrogen-bond donors (Lipinski definition) is 0. The van der Waals surface area contributed by atoms with E-state index in [1.165, 1.54) is 12.1 Å². The maximum absolute atomic E-state index is 14.7. The number of carbonyl (C=O) groups is 1. The monoisotopic (exact) mass is 436 g/mol. The van der Waals surface area contributed by atoms with Crippen molar-refractivity contribution in [2.24, 2.45) is 5.92 Å². The van der Waals surface area contributed by atoms with Gasteiger partial charge in [-0.05, 0) is 49.1 Å². The summed E-state index contributed by atoms with van der Waals surface area (Å²) in [6.45, 7) is 2.45. The van der Waals surface area contributed by atoms with Crippen LogP contribution in [0.25, 0.3) is 0 Å². The van der Waals surface area contributed by atoms with E-state index in [0.29, 0.717) is 18.8 Å². The van der Waals surface area contributed by atoms with Crippen LogP contribution in [0.4, 0.5) is 13.2 Å². The molecule has 2 unspecified atom stereocenters. The van der Waals surface area contributed by atoms with Gasteiger partial charge in [0.15, 0.2) is 0 Å². The SMILES string of the molecule is CCCCOc1ccc(COc2ccc(C3CCC(C=O)CO3)cc2)c(F)c1C(F)F. The molecule has 4 nitrogen and oxygen atoms in total. The standard InChI is InChI=1S/C24H27F3O4/c1-2-3-12-29-21-11-7-18(23(25)22(21)24(26)27)15-30-19-8-5-17(6-9-19)20-10-4-16(13-28)14-31-20/h5-9,11,13,16,20,24H,2-4,10,12,14-15H2,1H3. The second kappa shape index (κ2) is 11.2. The van der Waals surface area contributed by atoms with Crippen molar-refractivity contribution in [3.8, 4) is 11.5 Å². The lowest BCUT2D eigenvalue weighted by atomic mass is 9.96. The molecule has 0 N–H and O–H groups in total. The van der Waals surface area contributed by atoms with Crippen molar-refractivity contribution in [3.63, 3.8) is 0 Å². The van der Waals surface area contributed by atoms with Crippen LogP contribution in [0.1, 0.15) is 61.8 Å². The minimum absolute atomic E-state index is 0.0396. The van der Waals surface area contributed by atoms with Gasteiger partial charge in [0.25, 0.3) is 6.43 Å². The highest BCUT2D eigenvalue weighted by Gasteiger charge is 2.24. The van der Waals surface area contributed by atoms with Crippen molar-refractivity contribution in [1.82, 2.24) is 0 Å². The maximum Gasteiger partial charge on any atom is 0.270 e. The van der Waals surface area contributed by atoms with Crippen LogP contribution in [0.3, 0.4) is 0 Å². The predicted octanol–water partition coefficient (Wildman–Crippen LogP) is 6.19. The molecular formula is C24H27F3O4. The van der Waals surface area contributed by atoms with Crippen LogP contribution >= 0.6 is 0 Å². The lowest BCUT2D eigenvalue weighted by Gasteiger charge is -2.26. The largest absolute Gasteiger partial charge is 0.493 e. The molecule has 2 atom stereocenters. The van der Waals surface area contributed by atoms with E-state index in [0.717, 1.165) is 31.1 Å². The van der Waals surface area contributed by atoms with E-state index >= 15 is 0 Å².